The molecule has 0 saturated carbocycles. The summed E-state index contributed by atoms with van der Waals surface area (Å²) in [5, 5.41) is 11.4. The van der Waals surface area contributed by atoms with E-state index in [9.17, 15) is 4.39 Å². The van der Waals surface area contributed by atoms with Crippen molar-refractivity contribution in [1.29, 1.82) is 0 Å². The summed E-state index contributed by atoms with van der Waals surface area (Å²) in [5.74, 6) is -0.409. The molecular formula is C11H8BrFN4O2. The summed E-state index contributed by atoms with van der Waals surface area (Å²) >= 11 is 3.14. The van der Waals surface area contributed by atoms with Gasteiger partial charge in [-0.15, -0.1) is 0 Å². The van der Waals surface area contributed by atoms with Crippen LogP contribution in [0.25, 0.3) is 0 Å². The molecule has 98 valence electrons. The van der Waals surface area contributed by atoms with Gasteiger partial charge in [-0.2, -0.15) is 4.98 Å². The number of amidine groups is 1. The number of oxime groups is 1. The average molecular weight is 327 g/mol. The molecule has 1 aromatic carbocycles. The molecule has 3 N–H and O–H groups in total. The molecule has 0 saturated heterocycles. The second-order valence-electron chi connectivity index (χ2n) is 3.42. The second kappa shape index (κ2) is 5.61. The zero-order valence-electron chi connectivity index (χ0n) is 9.42. The molecule has 0 spiro atoms. The Kier molecular flexibility index (Phi) is 3.91. The van der Waals surface area contributed by atoms with E-state index in [4.69, 9.17) is 15.7 Å². The smallest absolute Gasteiger partial charge is 0.322 e. The maximum absolute atomic E-state index is 13.2. The summed E-state index contributed by atoms with van der Waals surface area (Å²) in [6.45, 7) is 0. The molecule has 0 aliphatic rings. The fourth-order valence-electron chi connectivity index (χ4n) is 1.28. The van der Waals surface area contributed by atoms with Gasteiger partial charge in [-0.05, 0) is 18.2 Å². The van der Waals surface area contributed by atoms with Gasteiger partial charge in [0.25, 0.3) is 0 Å². The Morgan fingerprint density at radius 1 is 1.42 bits per heavy atom. The van der Waals surface area contributed by atoms with Crippen molar-refractivity contribution in [2.24, 2.45) is 10.9 Å². The van der Waals surface area contributed by atoms with Crippen molar-refractivity contribution >= 4 is 21.8 Å². The zero-order valence-corrected chi connectivity index (χ0v) is 11.0. The van der Waals surface area contributed by atoms with Gasteiger partial charge in [0.1, 0.15) is 17.3 Å². The standard InChI is InChI=1S/C11H8BrFN4O2/c12-6-3-7(13)5-8(4-6)19-11-15-2-1-9(16-11)10(14)17-18/h1-5,18H,(H2,14,17). The van der Waals surface area contributed by atoms with Crippen LogP contribution in [0.15, 0.2) is 40.1 Å². The molecule has 1 heterocycles. The SMILES string of the molecule is N/C(=N/O)c1ccnc(Oc2cc(F)cc(Br)c2)n1. The molecule has 0 bridgehead atoms. The number of benzene rings is 1. The van der Waals surface area contributed by atoms with E-state index in [1.807, 2.05) is 0 Å². The maximum Gasteiger partial charge on any atom is 0.322 e. The number of nitrogens with zero attached hydrogens (tertiary/aromatic N) is 3. The van der Waals surface area contributed by atoms with Crippen LogP contribution in [-0.2, 0) is 0 Å². The first kappa shape index (κ1) is 13.2. The predicted molar refractivity (Wildman–Crippen MR) is 68.7 cm³/mol. The van der Waals surface area contributed by atoms with Gasteiger partial charge in [-0.1, -0.05) is 21.1 Å². The number of ether oxygens (including phenoxy) is 1. The summed E-state index contributed by atoms with van der Waals surface area (Å²) in [4.78, 5) is 7.76. The van der Waals surface area contributed by atoms with Crippen molar-refractivity contribution in [1.82, 2.24) is 9.97 Å². The van der Waals surface area contributed by atoms with Crippen LogP contribution in [0.2, 0.25) is 0 Å². The molecule has 6 nitrogen and oxygen atoms in total. The third-order valence-corrected chi connectivity index (χ3v) is 2.51. The summed E-state index contributed by atoms with van der Waals surface area (Å²) in [5.41, 5.74) is 5.59. The van der Waals surface area contributed by atoms with Gasteiger partial charge in [0.05, 0.1) is 0 Å². The van der Waals surface area contributed by atoms with E-state index in [2.05, 4.69) is 31.1 Å². The molecule has 0 amide bonds. The van der Waals surface area contributed by atoms with Gasteiger partial charge >= 0.3 is 6.01 Å². The molecule has 1 aromatic heterocycles. The number of aromatic nitrogens is 2. The fourth-order valence-corrected chi connectivity index (χ4v) is 1.72. The third-order valence-electron chi connectivity index (χ3n) is 2.05. The Morgan fingerprint density at radius 3 is 2.89 bits per heavy atom. The van der Waals surface area contributed by atoms with Crippen molar-refractivity contribution in [3.05, 3.63) is 46.4 Å². The second-order valence-corrected chi connectivity index (χ2v) is 4.33. The van der Waals surface area contributed by atoms with Crippen LogP contribution in [0.5, 0.6) is 11.8 Å². The topological polar surface area (TPSA) is 93.6 Å². The highest BCUT2D eigenvalue weighted by atomic mass is 79.9. The normalized spacial score (nSPS) is 11.4. The van der Waals surface area contributed by atoms with Crippen LogP contribution in [0.4, 0.5) is 4.39 Å². The van der Waals surface area contributed by atoms with Gasteiger partial charge in [0.2, 0.25) is 0 Å². The molecule has 0 unspecified atom stereocenters. The van der Waals surface area contributed by atoms with Crippen molar-refractivity contribution in [3.63, 3.8) is 0 Å². The number of halogens is 2. The van der Waals surface area contributed by atoms with Crippen molar-refractivity contribution in [3.8, 4) is 11.8 Å². The van der Waals surface area contributed by atoms with Crippen LogP contribution in [0, 0.1) is 5.82 Å². The minimum Gasteiger partial charge on any atom is -0.424 e. The van der Waals surface area contributed by atoms with E-state index < -0.39 is 5.82 Å². The van der Waals surface area contributed by atoms with Crippen molar-refractivity contribution in [2.75, 3.05) is 0 Å². The first-order chi connectivity index (χ1) is 9.08. The van der Waals surface area contributed by atoms with E-state index in [0.717, 1.165) is 0 Å². The molecular weight excluding hydrogens is 319 g/mol. The first-order valence-corrected chi connectivity index (χ1v) is 5.82. The van der Waals surface area contributed by atoms with Crippen LogP contribution in [-0.4, -0.2) is 21.0 Å². The lowest BCUT2D eigenvalue weighted by molar-refractivity contribution is 0.318. The lowest BCUT2D eigenvalue weighted by Crippen LogP contribution is -2.15. The lowest BCUT2D eigenvalue weighted by atomic mass is 10.3. The predicted octanol–water partition coefficient (Wildman–Crippen LogP) is 2.26. The van der Waals surface area contributed by atoms with E-state index >= 15 is 0 Å². The number of rotatable bonds is 3. The summed E-state index contributed by atoms with van der Waals surface area (Å²) in [6.07, 6.45) is 1.38. The zero-order chi connectivity index (χ0) is 13.8. The van der Waals surface area contributed by atoms with Crippen molar-refractivity contribution < 1.29 is 14.3 Å². The highest BCUT2D eigenvalue weighted by Gasteiger charge is 2.07. The molecule has 0 aliphatic carbocycles. The van der Waals surface area contributed by atoms with Crippen LogP contribution in [0.1, 0.15) is 5.69 Å². The first-order valence-electron chi connectivity index (χ1n) is 5.03. The fraction of sp³-hybridized carbons (Fsp3) is 0. The van der Waals surface area contributed by atoms with E-state index in [-0.39, 0.29) is 23.3 Å². The summed E-state index contributed by atoms with van der Waals surface area (Å²) in [7, 11) is 0. The largest absolute Gasteiger partial charge is 0.424 e. The number of hydrogen-bond acceptors (Lipinski definition) is 5. The maximum atomic E-state index is 13.2. The van der Waals surface area contributed by atoms with Gasteiger partial charge in [0.15, 0.2) is 5.84 Å². The van der Waals surface area contributed by atoms with E-state index in [1.54, 1.807) is 6.07 Å². The van der Waals surface area contributed by atoms with E-state index in [1.165, 1.54) is 24.4 Å². The molecule has 0 fully saturated rings. The molecule has 2 rings (SSSR count). The number of nitrogens with two attached hydrogens (primary N) is 1. The summed E-state index contributed by atoms with van der Waals surface area (Å²) < 4.78 is 19.0. The van der Waals surface area contributed by atoms with Crippen LogP contribution in [0.3, 0.4) is 0 Å². The van der Waals surface area contributed by atoms with Crippen LogP contribution < -0.4 is 10.5 Å². The average Bonchev–Trinajstić information content (AvgIpc) is 2.37. The van der Waals surface area contributed by atoms with E-state index in [0.29, 0.717) is 4.47 Å². The highest BCUT2D eigenvalue weighted by Crippen LogP contribution is 2.23. The molecule has 2 aromatic rings. The van der Waals surface area contributed by atoms with Gasteiger partial charge in [-0.3, -0.25) is 0 Å². The lowest BCUT2D eigenvalue weighted by Gasteiger charge is -2.05. The van der Waals surface area contributed by atoms with Gasteiger partial charge < -0.3 is 15.7 Å². The Morgan fingerprint density at radius 2 is 2.21 bits per heavy atom. The Bertz CT molecular complexity index is 616. The quantitative estimate of drug-likeness (QED) is 0.390. The van der Waals surface area contributed by atoms with Crippen LogP contribution >= 0.6 is 15.9 Å². The Hall–Kier alpha value is -2.22. The monoisotopic (exact) mass is 326 g/mol. The number of hydrogen-bond donors (Lipinski definition) is 2. The molecule has 0 radical (unpaired) electrons. The molecule has 8 heteroatoms. The van der Waals surface area contributed by atoms with Gasteiger partial charge in [0, 0.05) is 16.7 Å². The molecule has 0 atom stereocenters. The molecule has 19 heavy (non-hydrogen) atoms. The third kappa shape index (κ3) is 3.38. The Balaban J connectivity index is 2.28. The van der Waals surface area contributed by atoms with Crippen molar-refractivity contribution in [2.45, 2.75) is 0 Å². The minimum atomic E-state index is -0.461. The van der Waals surface area contributed by atoms with Gasteiger partial charge in [-0.25, -0.2) is 9.37 Å². The minimum absolute atomic E-state index is 0.0402. The highest BCUT2D eigenvalue weighted by molar-refractivity contribution is 9.10. The molecule has 0 aliphatic heterocycles. The summed E-state index contributed by atoms with van der Waals surface area (Å²) in [6, 6.07) is 5.44. The Labute approximate surface area is 115 Å².